The van der Waals surface area contributed by atoms with Crippen LogP contribution in [0.5, 0.6) is 0 Å². The zero-order valence-corrected chi connectivity index (χ0v) is 7.99. The molecule has 0 nitrogen and oxygen atoms in total. The van der Waals surface area contributed by atoms with E-state index in [2.05, 4.69) is 42.1 Å². The molecule has 0 aromatic rings. The van der Waals surface area contributed by atoms with Gasteiger partial charge in [-0.2, -0.15) is 0 Å². The van der Waals surface area contributed by atoms with Crippen LogP contribution in [0.3, 0.4) is 0 Å². The second-order valence-electron chi connectivity index (χ2n) is 4.45. The molecule has 0 unspecified atom stereocenters. The van der Waals surface area contributed by atoms with E-state index in [1.54, 1.807) is 0 Å². The van der Waals surface area contributed by atoms with Crippen LogP contribution in [0.15, 0.2) is 0 Å². The zero-order valence-electron chi connectivity index (χ0n) is 7.99. The van der Waals surface area contributed by atoms with Crippen LogP contribution in [0.4, 0.5) is 0 Å². The predicted molar refractivity (Wildman–Crippen MR) is 53.9 cm³/mol. The van der Waals surface area contributed by atoms with Crippen molar-refractivity contribution in [3.63, 3.8) is 0 Å². The molecule has 0 radical (unpaired) electrons. The van der Waals surface area contributed by atoms with E-state index in [4.69, 9.17) is 0 Å². The molecule has 10 heavy (non-hydrogen) atoms. The molecule has 0 aliphatic heterocycles. The van der Waals surface area contributed by atoms with Gasteiger partial charge in [-0.1, -0.05) is 0 Å². The number of rotatable bonds is 2. The molecule has 0 aromatic heterocycles. The SMILES string of the molecule is B=C(BC(C)C)C(C)(C)C. The van der Waals surface area contributed by atoms with Crippen molar-refractivity contribution in [2.45, 2.75) is 40.4 Å². The Labute approximate surface area is 66.7 Å². The van der Waals surface area contributed by atoms with Crippen molar-refractivity contribution in [1.82, 2.24) is 0 Å². The van der Waals surface area contributed by atoms with Crippen LogP contribution in [0.25, 0.3) is 0 Å². The van der Waals surface area contributed by atoms with Crippen LogP contribution < -0.4 is 0 Å². The van der Waals surface area contributed by atoms with E-state index >= 15 is 0 Å². The average molecular weight is 136 g/mol. The Bertz CT molecular complexity index is 120. The molecule has 0 saturated heterocycles. The van der Waals surface area contributed by atoms with E-state index in [1.165, 1.54) is 5.36 Å². The van der Waals surface area contributed by atoms with Crippen molar-refractivity contribution < 1.29 is 0 Å². The minimum atomic E-state index is 0.296. The first-order valence-electron chi connectivity index (χ1n) is 4.02. The first kappa shape index (κ1) is 10.00. The van der Waals surface area contributed by atoms with Gasteiger partial charge in [-0.05, 0) is 0 Å². The van der Waals surface area contributed by atoms with E-state index in [0.717, 1.165) is 13.1 Å². The Morgan fingerprint density at radius 3 is 1.80 bits per heavy atom. The van der Waals surface area contributed by atoms with Crippen molar-refractivity contribution >= 4 is 20.1 Å². The fraction of sp³-hybridized carbons (Fsp3) is 0.875. The summed E-state index contributed by atoms with van der Waals surface area (Å²) in [5.41, 5.74) is 0.296. The van der Waals surface area contributed by atoms with Gasteiger partial charge in [0.2, 0.25) is 0 Å². The molecule has 0 amide bonds. The van der Waals surface area contributed by atoms with Crippen molar-refractivity contribution in [1.29, 1.82) is 0 Å². The molecule has 0 atom stereocenters. The number of hydrogen-bond donors (Lipinski definition) is 0. The maximum absolute atomic E-state index is 4.07. The minimum absolute atomic E-state index is 0.296. The Morgan fingerprint density at radius 2 is 1.70 bits per heavy atom. The van der Waals surface area contributed by atoms with Crippen LogP contribution >= 0.6 is 0 Å². The standard InChI is InChI=1S/C8H18B2/c1-6(2)10-7(9)8(3,4)5/h6,9-10H,1-5H3. The molecular weight excluding hydrogens is 118 g/mol. The molecule has 2 heteroatoms. The second-order valence-corrected chi connectivity index (χ2v) is 4.45. The Hall–Kier alpha value is -0.000130. The van der Waals surface area contributed by atoms with Crippen molar-refractivity contribution in [2.24, 2.45) is 5.41 Å². The van der Waals surface area contributed by atoms with Gasteiger partial charge in [0.25, 0.3) is 0 Å². The quantitative estimate of drug-likeness (QED) is 0.502. The average Bonchev–Trinajstić information content (AvgIpc) is 1.60. The molecule has 0 aromatic carbocycles. The van der Waals surface area contributed by atoms with Gasteiger partial charge in [-0.3, -0.25) is 0 Å². The Morgan fingerprint density at radius 1 is 1.30 bits per heavy atom. The molecule has 0 heterocycles. The van der Waals surface area contributed by atoms with Crippen molar-refractivity contribution in [3.05, 3.63) is 0 Å². The second kappa shape index (κ2) is 3.41. The summed E-state index contributed by atoms with van der Waals surface area (Å²) >= 11 is 0. The molecule has 0 N–H and O–H groups in total. The van der Waals surface area contributed by atoms with Crippen LogP contribution in [-0.2, 0) is 0 Å². The van der Waals surface area contributed by atoms with Crippen LogP contribution in [0.2, 0.25) is 5.82 Å². The van der Waals surface area contributed by atoms with E-state index in [0.29, 0.717) is 5.41 Å². The maximum atomic E-state index is 4.07. The van der Waals surface area contributed by atoms with Crippen molar-refractivity contribution in [2.75, 3.05) is 0 Å². The fourth-order valence-corrected chi connectivity index (χ4v) is 0.799. The first-order chi connectivity index (χ1) is 4.34. The Kier molecular flexibility index (Phi) is 3.41. The summed E-state index contributed by atoms with van der Waals surface area (Å²) in [6.45, 7) is 11.1. The van der Waals surface area contributed by atoms with Gasteiger partial charge in [-0.25, -0.2) is 0 Å². The molecule has 0 aliphatic carbocycles. The predicted octanol–water partition coefficient (Wildman–Crippen LogP) is 1.33. The summed E-state index contributed by atoms with van der Waals surface area (Å²) in [6, 6.07) is 0. The molecule has 0 fully saturated rings. The Balaban J connectivity index is 3.87. The summed E-state index contributed by atoms with van der Waals surface area (Å²) in [7, 11) is 5.22. The molecule has 0 bridgehead atoms. The molecule has 0 spiro atoms. The summed E-state index contributed by atoms with van der Waals surface area (Å²) in [4.78, 5) is 0. The van der Waals surface area contributed by atoms with Crippen LogP contribution in [0.1, 0.15) is 34.6 Å². The monoisotopic (exact) mass is 136 g/mol. The van der Waals surface area contributed by atoms with Crippen molar-refractivity contribution in [3.8, 4) is 0 Å². The molecule has 0 saturated carbocycles. The van der Waals surface area contributed by atoms with Gasteiger partial charge in [-0.15, -0.1) is 0 Å². The normalized spacial score (nSPS) is 11.7. The van der Waals surface area contributed by atoms with E-state index in [1.807, 2.05) is 0 Å². The summed E-state index contributed by atoms with van der Waals surface area (Å²) < 4.78 is 0. The van der Waals surface area contributed by atoms with Gasteiger partial charge in [0.1, 0.15) is 0 Å². The first-order valence-corrected chi connectivity index (χ1v) is 4.02. The van der Waals surface area contributed by atoms with Gasteiger partial charge < -0.3 is 0 Å². The molecular formula is C8H18B2. The topological polar surface area (TPSA) is 0 Å². The third-order valence-corrected chi connectivity index (χ3v) is 1.72. The summed E-state index contributed by atoms with van der Waals surface area (Å²) in [5.74, 6) is 0.742. The van der Waals surface area contributed by atoms with Gasteiger partial charge in [0.05, 0.1) is 0 Å². The van der Waals surface area contributed by atoms with E-state index in [-0.39, 0.29) is 0 Å². The van der Waals surface area contributed by atoms with Crippen LogP contribution in [0, 0.1) is 5.41 Å². The van der Waals surface area contributed by atoms with E-state index in [9.17, 15) is 0 Å². The van der Waals surface area contributed by atoms with Crippen LogP contribution in [-0.4, -0.2) is 20.1 Å². The molecule has 0 aliphatic rings. The summed E-state index contributed by atoms with van der Waals surface area (Å²) in [6.07, 6.45) is 0. The zero-order chi connectivity index (χ0) is 8.36. The third-order valence-electron chi connectivity index (χ3n) is 1.72. The third kappa shape index (κ3) is 3.92. The summed E-state index contributed by atoms with van der Waals surface area (Å²) in [5, 5.41) is 1.36. The van der Waals surface area contributed by atoms with Gasteiger partial charge in [0.15, 0.2) is 0 Å². The number of hydrogen-bond acceptors (Lipinski definition) is 0. The molecule has 56 valence electrons. The van der Waals surface area contributed by atoms with E-state index < -0.39 is 0 Å². The van der Waals surface area contributed by atoms with Gasteiger partial charge >= 0.3 is 66.0 Å². The molecule has 0 rings (SSSR count). The fourth-order valence-electron chi connectivity index (χ4n) is 0.799. The van der Waals surface area contributed by atoms with Gasteiger partial charge in [0, 0.05) is 0 Å².